The number of ether oxygens (including phenoxy) is 4. The Morgan fingerprint density at radius 1 is 0.911 bits per heavy atom. The Balaban J connectivity index is 1.80. The molecule has 14 heteroatoms. The fourth-order valence-corrected chi connectivity index (χ4v) is 6.94. The molecule has 1 amide bonds. The summed E-state index contributed by atoms with van der Waals surface area (Å²) in [7, 11) is -3.82. The number of carbonyl (C=O) groups is 3. The molecule has 0 saturated heterocycles. The summed E-state index contributed by atoms with van der Waals surface area (Å²) in [4.78, 5) is 42.1. The monoisotopic (exact) mass is 660 g/mol. The number of esters is 2. The van der Waals surface area contributed by atoms with Crippen LogP contribution in [0.1, 0.15) is 57.5 Å². The van der Waals surface area contributed by atoms with Gasteiger partial charge in [0.25, 0.3) is 5.91 Å². The van der Waals surface area contributed by atoms with E-state index in [-0.39, 0.29) is 30.4 Å². The van der Waals surface area contributed by atoms with E-state index in [2.05, 4.69) is 25.9 Å². The lowest BCUT2D eigenvalue weighted by atomic mass is 10.2. The number of nitrogens with zero attached hydrogens (tertiary/aromatic N) is 1. The Hall–Kier alpha value is -3.77. The van der Waals surface area contributed by atoms with E-state index in [1.807, 2.05) is 25.3 Å². The maximum absolute atomic E-state index is 14.1. The van der Waals surface area contributed by atoms with Gasteiger partial charge in [0.2, 0.25) is 7.44 Å². The third kappa shape index (κ3) is 11.0. The van der Waals surface area contributed by atoms with Crippen molar-refractivity contribution < 1.29 is 37.9 Å². The molecule has 0 unspecified atom stereocenters. The first kappa shape index (κ1) is 35.7. The molecular weight excluding hydrogens is 619 g/mol. The van der Waals surface area contributed by atoms with Crippen LogP contribution in [0.2, 0.25) is 0 Å². The average Bonchev–Trinajstić information content (AvgIpc) is 3.51. The maximum Gasteiger partial charge on any atom is 0.323 e. The zero-order chi connectivity index (χ0) is 33.0. The van der Waals surface area contributed by atoms with Crippen LogP contribution in [0.4, 0.5) is 5.82 Å². The SMILES string of the molecule is CCOC(=O)[C@H](C)NP(=O)(N[C@@H](C)C(=O)OCC)c1ccc(NC(=O)c2cc(OCCc3ccsc3)cc(OC(C)C)c2)nc1. The maximum atomic E-state index is 14.1. The van der Waals surface area contributed by atoms with Gasteiger partial charge in [0.1, 0.15) is 29.4 Å². The number of hydrogen-bond donors (Lipinski definition) is 3. The summed E-state index contributed by atoms with van der Waals surface area (Å²) in [5.74, 6) is -0.532. The first-order chi connectivity index (χ1) is 21.4. The van der Waals surface area contributed by atoms with Crippen LogP contribution in [0.15, 0.2) is 53.4 Å². The van der Waals surface area contributed by atoms with Crippen molar-refractivity contribution in [3.05, 3.63) is 64.5 Å². The Morgan fingerprint density at radius 2 is 1.56 bits per heavy atom. The van der Waals surface area contributed by atoms with Gasteiger partial charge >= 0.3 is 11.9 Å². The van der Waals surface area contributed by atoms with E-state index < -0.39 is 37.4 Å². The molecule has 45 heavy (non-hydrogen) atoms. The minimum absolute atomic E-state index is 0.118. The van der Waals surface area contributed by atoms with Crippen LogP contribution in [0, 0.1) is 0 Å². The van der Waals surface area contributed by atoms with Crippen molar-refractivity contribution in [1.29, 1.82) is 0 Å². The van der Waals surface area contributed by atoms with Crippen LogP contribution in [0.25, 0.3) is 0 Å². The van der Waals surface area contributed by atoms with Gasteiger partial charge in [-0.25, -0.2) is 15.2 Å². The Bertz CT molecular complexity index is 1440. The van der Waals surface area contributed by atoms with E-state index in [1.165, 1.54) is 37.7 Å². The molecule has 2 atom stereocenters. The van der Waals surface area contributed by atoms with E-state index in [4.69, 9.17) is 18.9 Å². The number of pyridine rings is 1. The molecule has 3 N–H and O–H groups in total. The number of carbonyl (C=O) groups excluding carboxylic acids is 3. The van der Waals surface area contributed by atoms with Crippen LogP contribution in [-0.2, 0) is 30.0 Å². The molecule has 12 nitrogen and oxygen atoms in total. The second-order valence-corrected chi connectivity index (χ2v) is 13.3. The van der Waals surface area contributed by atoms with Gasteiger partial charge in [-0.15, -0.1) is 0 Å². The van der Waals surface area contributed by atoms with Gasteiger partial charge in [-0.1, -0.05) is 0 Å². The van der Waals surface area contributed by atoms with Crippen LogP contribution in [0.5, 0.6) is 11.5 Å². The molecule has 2 aromatic heterocycles. The second kappa shape index (κ2) is 17.1. The highest BCUT2D eigenvalue weighted by Gasteiger charge is 2.33. The van der Waals surface area contributed by atoms with E-state index in [0.29, 0.717) is 23.7 Å². The van der Waals surface area contributed by atoms with E-state index in [0.717, 1.165) is 6.42 Å². The molecule has 0 radical (unpaired) electrons. The summed E-state index contributed by atoms with van der Waals surface area (Å²) in [6.45, 7) is 10.8. The number of hydrogen-bond acceptors (Lipinski definition) is 10. The normalized spacial score (nSPS) is 12.7. The molecule has 2 heterocycles. The molecule has 0 spiro atoms. The molecule has 0 fully saturated rings. The van der Waals surface area contributed by atoms with Gasteiger partial charge < -0.3 is 24.3 Å². The molecular formula is C31H41N4O8PS. The molecule has 0 aliphatic heterocycles. The number of thiophene rings is 1. The predicted octanol–water partition coefficient (Wildman–Crippen LogP) is 4.70. The molecule has 0 bridgehead atoms. The smallest absolute Gasteiger partial charge is 0.323 e. The van der Waals surface area contributed by atoms with E-state index >= 15 is 0 Å². The lowest BCUT2D eigenvalue weighted by Crippen LogP contribution is -2.44. The summed E-state index contributed by atoms with van der Waals surface area (Å²) in [6, 6.07) is 8.03. The van der Waals surface area contributed by atoms with Crippen molar-refractivity contribution in [3.8, 4) is 11.5 Å². The Kier molecular flexibility index (Phi) is 13.5. The first-order valence-electron chi connectivity index (χ1n) is 14.7. The lowest BCUT2D eigenvalue weighted by Gasteiger charge is -2.26. The standard InChI is InChI=1S/C31H41N4O8PS/c1-7-40-30(37)21(5)34-44(39,35-22(6)31(38)41-8-2)27-9-10-28(32-18-27)33-29(36)24-15-25(17-26(16-24)43-20(3)4)42-13-11-23-12-14-45-19-23/h9-10,12,14-22H,7-8,11,13H2,1-6H3,(H,32,33,36)(H2,34,35,39)/t21-,22-/m0/s1. The minimum Gasteiger partial charge on any atom is -0.493 e. The number of aromatic nitrogens is 1. The van der Waals surface area contributed by atoms with Crippen molar-refractivity contribution in [3.63, 3.8) is 0 Å². The van der Waals surface area contributed by atoms with Crippen molar-refractivity contribution >= 4 is 47.7 Å². The number of benzene rings is 1. The number of amides is 1. The van der Waals surface area contributed by atoms with Gasteiger partial charge in [-0.05, 0) is 88.2 Å². The molecule has 244 valence electrons. The fourth-order valence-electron chi connectivity index (χ4n) is 4.05. The van der Waals surface area contributed by atoms with Crippen molar-refractivity contribution in [2.75, 3.05) is 25.1 Å². The summed E-state index contributed by atoms with van der Waals surface area (Å²) < 4.78 is 36.0. The molecule has 0 saturated carbocycles. The fraction of sp³-hybridized carbons (Fsp3) is 0.419. The zero-order valence-corrected chi connectivity index (χ0v) is 28.0. The number of rotatable bonds is 17. The number of nitrogens with one attached hydrogen (secondary N) is 3. The summed E-state index contributed by atoms with van der Waals surface area (Å²) >= 11 is 1.62. The molecule has 0 aliphatic rings. The Morgan fingerprint density at radius 3 is 2.09 bits per heavy atom. The van der Waals surface area contributed by atoms with Crippen molar-refractivity contribution in [2.45, 2.75) is 66.2 Å². The number of anilines is 1. The molecule has 3 rings (SSSR count). The third-order valence-corrected chi connectivity index (χ3v) is 9.36. The van der Waals surface area contributed by atoms with E-state index in [9.17, 15) is 18.9 Å². The third-order valence-electron chi connectivity index (χ3n) is 6.14. The second-order valence-electron chi connectivity index (χ2n) is 10.3. The minimum atomic E-state index is -3.82. The largest absolute Gasteiger partial charge is 0.493 e. The molecule has 1 aromatic carbocycles. The quantitative estimate of drug-likeness (QED) is 0.136. The Labute approximate surface area is 267 Å². The van der Waals surface area contributed by atoms with Gasteiger partial charge in [-0.3, -0.25) is 18.9 Å². The lowest BCUT2D eigenvalue weighted by molar-refractivity contribution is -0.145. The topological polar surface area (TPSA) is 154 Å². The van der Waals surface area contributed by atoms with Crippen LogP contribution >= 0.6 is 18.8 Å². The zero-order valence-electron chi connectivity index (χ0n) is 26.3. The van der Waals surface area contributed by atoms with Crippen molar-refractivity contribution in [1.82, 2.24) is 15.2 Å². The van der Waals surface area contributed by atoms with Crippen molar-refractivity contribution in [2.24, 2.45) is 0 Å². The highest BCUT2D eigenvalue weighted by atomic mass is 32.1. The van der Waals surface area contributed by atoms with Crippen LogP contribution in [-0.4, -0.2) is 60.8 Å². The van der Waals surface area contributed by atoms with Crippen LogP contribution in [0.3, 0.4) is 0 Å². The van der Waals surface area contributed by atoms with Gasteiger partial charge in [0.05, 0.1) is 31.2 Å². The predicted molar refractivity (Wildman–Crippen MR) is 174 cm³/mol. The highest BCUT2D eigenvalue weighted by molar-refractivity contribution is 7.67. The summed E-state index contributed by atoms with van der Waals surface area (Å²) in [5.41, 5.74) is 1.47. The van der Waals surface area contributed by atoms with Gasteiger partial charge in [-0.2, -0.15) is 11.3 Å². The van der Waals surface area contributed by atoms with Gasteiger partial charge in [0.15, 0.2) is 0 Å². The molecule has 3 aromatic rings. The van der Waals surface area contributed by atoms with E-state index in [1.54, 1.807) is 43.4 Å². The first-order valence-corrected chi connectivity index (χ1v) is 17.3. The van der Waals surface area contributed by atoms with Crippen LogP contribution < -0.4 is 30.3 Å². The average molecular weight is 661 g/mol. The highest BCUT2D eigenvalue weighted by Crippen LogP contribution is 2.36. The molecule has 0 aliphatic carbocycles. The van der Waals surface area contributed by atoms with Gasteiger partial charge in [0, 0.05) is 24.2 Å². The summed E-state index contributed by atoms with van der Waals surface area (Å²) in [6.07, 6.45) is 1.90. The summed E-state index contributed by atoms with van der Waals surface area (Å²) in [5, 5.41) is 12.5.